The third kappa shape index (κ3) is 4.07. The molecule has 2 rings (SSSR count). The third-order valence-electron chi connectivity index (χ3n) is 3.57. The van der Waals surface area contributed by atoms with E-state index < -0.39 is 5.97 Å². The average molecular weight is 358 g/mol. The van der Waals surface area contributed by atoms with Crippen molar-refractivity contribution in [1.82, 2.24) is 14.4 Å². The van der Waals surface area contributed by atoms with Crippen molar-refractivity contribution in [2.75, 3.05) is 32.7 Å². The number of halogens is 1. The summed E-state index contributed by atoms with van der Waals surface area (Å²) in [6.45, 7) is 5.28. The lowest BCUT2D eigenvalue weighted by Gasteiger charge is -2.33. The van der Waals surface area contributed by atoms with Crippen LogP contribution in [0.5, 0.6) is 0 Å². The van der Waals surface area contributed by atoms with Crippen LogP contribution in [0.2, 0.25) is 0 Å². The molecule has 1 aliphatic heterocycles. The van der Waals surface area contributed by atoms with Gasteiger partial charge in [0.1, 0.15) is 5.69 Å². The number of amides is 1. The summed E-state index contributed by atoms with van der Waals surface area (Å²) >= 11 is 3.42. The van der Waals surface area contributed by atoms with E-state index in [0.717, 1.165) is 17.4 Å². The van der Waals surface area contributed by atoms with E-state index in [1.807, 2.05) is 21.7 Å². The molecule has 0 radical (unpaired) electrons. The van der Waals surface area contributed by atoms with Gasteiger partial charge in [-0.2, -0.15) is 0 Å². The van der Waals surface area contributed by atoms with Gasteiger partial charge in [0.25, 0.3) is 5.91 Å². The predicted octanol–water partition coefficient (Wildman–Crippen LogP) is 1.50. The van der Waals surface area contributed by atoms with E-state index in [1.165, 1.54) is 0 Å². The van der Waals surface area contributed by atoms with Gasteiger partial charge in [0.05, 0.1) is 6.54 Å². The highest BCUT2D eigenvalue weighted by atomic mass is 79.9. The molecular formula is C14H20BrN3O3. The molecule has 2 heterocycles. The number of aromatic nitrogens is 1. The van der Waals surface area contributed by atoms with E-state index in [1.54, 1.807) is 4.90 Å². The zero-order chi connectivity index (χ0) is 15.4. The minimum atomic E-state index is -0.824. The van der Waals surface area contributed by atoms with E-state index in [9.17, 15) is 9.59 Å². The Labute approximate surface area is 132 Å². The van der Waals surface area contributed by atoms with Crippen LogP contribution in [0.4, 0.5) is 0 Å². The smallest absolute Gasteiger partial charge is 0.317 e. The molecule has 1 fully saturated rings. The molecule has 7 heteroatoms. The maximum absolute atomic E-state index is 12.6. The normalized spacial score (nSPS) is 16.2. The zero-order valence-electron chi connectivity index (χ0n) is 12.1. The minimum absolute atomic E-state index is 0.0177. The SMILES string of the molecule is CCCn1cc(Br)cc1C(=O)N1CCN(CC(=O)O)CC1. The molecule has 0 unspecified atom stereocenters. The zero-order valence-corrected chi connectivity index (χ0v) is 13.7. The lowest BCUT2D eigenvalue weighted by Crippen LogP contribution is -2.50. The quantitative estimate of drug-likeness (QED) is 0.867. The van der Waals surface area contributed by atoms with Crippen molar-refractivity contribution in [3.8, 4) is 0 Å². The summed E-state index contributed by atoms with van der Waals surface area (Å²) in [6.07, 6.45) is 2.89. The summed E-state index contributed by atoms with van der Waals surface area (Å²) in [4.78, 5) is 26.9. The second-order valence-electron chi connectivity index (χ2n) is 5.20. The molecule has 21 heavy (non-hydrogen) atoms. The number of carbonyl (C=O) groups is 2. The summed E-state index contributed by atoms with van der Waals surface area (Å²) < 4.78 is 2.87. The number of hydrogen-bond acceptors (Lipinski definition) is 3. The van der Waals surface area contributed by atoms with E-state index in [4.69, 9.17) is 5.11 Å². The van der Waals surface area contributed by atoms with Crippen molar-refractivity contribution in [3.05, 3.63) is 22.4 Å². The summed E-state index contributed by atoms with van der Waals surface area (Å²) in [7, 11) is 0. The molecule has 1 aliphatic rings. The van der Waals surface area contributed by atoms with Gasteiger partial charge in [-0.05, 0) is 28.4 Å². The maximum atomic E-state index is 12.6. The van der Waals surface area contributed by atoms with Gasteiger partial charge < -0.3 is 14.6 Å². The summed E-state index contributed by atoms with van der Waals surface area (Å²) in [5.41, 5.74) is 0.690. The number of nitrogens with zero attached hydrogens (tertiary/aromatic N) is 3. The van der Waals surface area contributed by atoms with Crippen LogP contribution in [0.1, 0.15) is 23.8 Å². The van der Waals surface area contributed by atoms with E-state index in [-0.39, 0.29) is 12.5 Å². The monoisotopic (exact) mass is 357 g/mol. The van der Waals surface area contributed by atoms with Crippen LogP contribution in [0, 0.1) is 0 Å². The average Bonchev–Trinajstić information content (AvgIpc) is 2.79. The lowest BCUT2D eigenvalue weighted by atomic mass is 10.2. The number of hydrogen-bond donors (Lipinski definition) is 1. The molecule has 0 saturated carbocycles. The highest BCUT2D eigenvalue weighted by Crippen LogP contribution is 2.18. The van der Waals surface area contributed by atoms with Crippen LogP contribution in [0.25, 0.3) is 0 Å². The van der Waals surface area contributed by atoms with Gasteiger partial charge in [-0.1, -0.05) is 6.92 Å². The molecule has 116 valence electrons. The van der Waals surface area contributed by atoms with Gasteiger partial charge >= 0.3 is 5.97 Å². The van der Waals surface area contributed by atoms with Crippen molar-refractivity contribution in [2.24, 2.45) is 0 Å². The van der Waals surface area contributed by atoms with Crippen LogP contribution in [0.3, 0.4) is 0 Å². The van der Waals surface area contributed by atoms with Crippen molar-refractivity contribution in [2.45, 2.75) is 19.9 Å². The predicted molar refractivity (Wildman–Crippen MR) is 82.4 cm³/mol. The number of carbonyl (C=O) groups excluding carboxylic acids is 1. The van der Waals surface area contributed by atoms with Gasteiger partial charge in [0.15, 0.2) is 0 Å². The van der Waals surface area contributed by atoms with Gasteiger partial charge in [-0.3, -0.25) is 14.5 Å². The first-order valence-corrected chi connectivity index (χ1v) is 7.89. The van der Waals surface area contributed by atoms with Crippen LogP contribution in [0.15, 0.2) is 16.7 Å². The number of aryl methyl sites for hydroxylation is 1. The summed E-state index contributed by atoms with van der Waals surface area (Å²) in [5.74, 6) is -0.806. The number of piperazine rings is 1. The number of carboxylic acid groups (broad SMARTS) is 1. The van der Waals surface area contributed by atoms with E-state index >= 15 is 0 Å². The Balaban J connectivity index is 2.00. The fourth-order valence-electron chi connectivity index (χ4n) is 2.54. The molecular weight excluding hydrogens is 338 g/mol. The number of carboxylic acids is 1. The topological polar surface area (TPSA) is 65.8 Å². The second-order valence-corrected chi connectivity index (χ2v) is 6.11. The first-order valence-electron chi connectivity index (χ1n) is 7.10. The van der Waals surface area contributed by atoms with Crippen LogP contribution < -0.4 is 0 Å². The molecule has 0 aliphatic carbocycles. The fraction of sp³-hybridized carbons (Fsp3) is 0.571. The van der Waals surface area contributed by atoms with Crippen molar-refractivity contribution < 1.29 is 14.7 Å². The van der Waals surface area contributed by atoms with Crippen LogP contribution in [-0.2, 0) is 11.3 Å². The molecule has 0 atom stereocenters. The minimum Gasteiger partial charge on any atom is -0.480 e. The Hall–Kier alpha value is -1.34. The number of aliphatic carboxylic acids is 1. The Morgan fingerprint density at radius 3 is 2.52 bits per heavy atom. The lowest BCUT2D eigenvalue weighted by molar-refractivity contribution is -0.138. The van der Waals surface area contributed by atoms with Crippen molar-refractivity contribution >= 4 is 27.8 Å². The Kier molecular flexibility index (Phi) is 5.41. The second kappa shape index (κ2) is 7.09. The first kappa shape index (κ1) is 16.0. The molecule has 0 bridgehead atoms. The standard InChI is InChI=1S/C14H20BrN3O3/c1-2-3-18-9-11(15)8-12(18)14(21)17-6-4-16(5-7-17)10-13(19)20/h8-9H,2-7,10H2,1H3,(H,19,20). The third-order valence-corrected chi connectivity index (χ3v) is 4.00. The van der Waals surface area contributed by atoms with Gasteiger partial charge in [0.2, 0.25) is 0 Å². The first-order chi connectivity index (χ1) is 10.0. The summed E-state index contributed by atoms with van der Waals surface area (Å²) in [5, 5.41) is 8.79. The molecule has 1 aromatic rings. The van der Waals surface area contributed by atoms with Gasteiger partial charge in [-0.25, -0.2) is 0 Å². The molecule has 1 saturated heterocycles. The highest BCUT2D eigenvalue weighted by Gasteiger charge is 2.25. The fourth-order valence-corrected chi connectivity index (χ4v) is 3.01. The van der Waals surface area contributed by atoms with E-state index in [2.05, 4.69) is 22.9 Å². The van der Waals surface area contributed by atoms with Gasteiger partial charge in [0, 0.05) is 43.4 Å². The van der Waals surface area contributed by atoms with Crippen molar-refractivity contribution in [3.63, 3.8) is 0 Å². The largest absolute Gasteiger partial charge is 0.480 e. The molecule has 6 nitrogen and oxygen atoms in total. The highest BCUT2D eigenvalue weighted by molar-refractivity contribution is 9.10. The Bertz CT molecular complexity index is 522. The Morgan fingerprint density at radius 2 is 1.95 bits per heavy atom. The molecule has 1 amide bonds. The van der Waals surface area contributed by atoms with Crippen molar-refractivity contribution in [1.29, 1.82) is 0 Å². The van der Waals surface area contributed by atoms with E-state index in [0.29, 0.717) is 31.9 Å². The molecule has 1 N–H and O–H groups in total. The molecule has 1 aromatic heterocycles. The molecule has 0 aromatic carbocycles. The van der Waals surface area contributed by atoms with Gasteiger partial charge in [-0.15, -0.1) is 0 Å². The van der Waals surface area contributed by atoms with Crippen LogP contribution in [-0.4, -0.2) is 64.1 Å². The molecule has 0 spiro atoms. The number of rotatable bonds is 5. The van der Waals surface area contributed by atoms with Crippen LogP contribution >= 0.6 is 15.9 Å². The maximum Gasteiger partial charge on any atom is 0.317 e. The summed E-state index contributed by atoms with van der Waals surface area (Å²) in [6, 6.07) is 1.85. The Morgan fingerprint density at radius 1 is 1.29 bits per heavy atom.